The smallest absolute Gasteiger partial charge is 0.0400 e. The Labute approximate surface area is 125 Å². The van der Waals surface area contributed by atoms with Crippen LogP contribution in [0, 0.1) is 5.92 Å². The number of anilines is 1. The Morgan fingerprint density at radius 3 is 2.95 bits per heavy atom. The van der Waals surface area contributed by atoms with E-state index in [-0.39, 0.29) is 6.04 Å². The molecule has 0 radical (unpaired) electrons. The van der Waals surface area contributed by atoms with Crippen molar-refractivity contribution >= 4 is 21.6 Å². The lowest BCUT2D eigenvalue weighted by Gasteiger charge is -2.23. The molecule has 0 aliphatic carbocycles. The molecule has 2 rings (SSSR count). The predicted molar refractivity (Wildman–Crippen MR) is 86.7 cm³/mol. The Balaban J connectivity index is 2.15. The highest BCUT2D eigenvalue weighted by atomic mass is 79.9. The number of rotatable bonds is 5. The maximum atomic E-state index is 5.98. The summed E-state index contributed by atoms with van der Waals surface area (Å²) in [5.41, 5.74) is 8.75. The molecule has 0 bridgehead atoms. The molecule has 2 nitrogen and oxygen atoms in total. The molecule has 106 valence electrons. The van der Waals surface area contributed by atoms with Crippen LogP contribution in [0.4, 0.5) is 5.69 Å². The van der Waals surface area contributed by atoms with Crippen molar-refractivity contribution in [2.24, 2.45) is 11.7 Å². The molecule has 1 aromatic rings. The number of hydrogen-bond acceptors (Lipinski definition) is 2. The molecule has 1 aliphatic heterocycles. The van der Waals surface area contributed by atoms with Gasteiger partial charge in [-0.05, 0) is 55.9 Å². The Kier molecular flexibility index (Phi) is 5.28. The van der Waals surface area contributed by atoms with Gasteiger partial charge < -0.3 is 10.6 Å². The van der Waals surface area contributed by atoms with Gasteiger partial charge in [-0.25, -0.2) is 0 Å². The van der Waals surface area contributed by atoms with Gasteiger partial charge in [-0.1, -0.05) is 29.3 Å². The molecular weight excluding hydrogens is 300 g/mol. The molecule has 2 N–H and O–H groups in total. The van der Waals surface area contributed by atoms with Gasteiger partial charge in [0.15, 0.2) is 0 Å². The fraction of sp³-hybridized carbons (Fsp3) is 0.625. The lowest BCUT2D eigenvalue weighted by atomic mass is 10.0. The fourth-order valence-electron chi connectivity index (χ4n) is 3.07. The van der Waals surface area contributed by atoms with E-state index >= 15 is 0 Å². The van der Waals surface area contributed by atoms with E-state index in [0.29, 0.717) is 0 Å². The van der Waals surface area contributed by atoms with Gasteiger partial charge in [0, 0.05) is 29.3 Å². The first-order valence-electron chi connectivity index (χ1n) is 7.39. The zero-order valence-electron chi connectivity index (χ0n) is 12.0. The third-order valence-electron chi connectivity index (χ3n) is 3.91. The first-order valence-corrected chi connectivity index (χ1v) is 8.18. The minimum Gasteiger partial charge on any atom is -0.371 e. The number of hydrogen-bond donors (Lipinski definition) is 1. The van der Waals surface area contributed by atoms with Crippen LogP contribution in [-0.4, -0.2) is 19.1 Å². The summed E-state index contributed by atoms with van der Waals surface area (Å²) in [7, 11) is 0. The minimum atomic E-state index is 0.210. The standard InChI is InChI=1S/C16H25BrN2/c1-3-4-13-7-8-19(11-13)16-6-5-15(17)10-14(16)9-12(2)18/h5-6,10,12-13H,3-4,7-9,11,18H2,1-2H3. The van der Waals surface area contributed by atoms with Gasteiger partial charge in [0.2, 0.25) is 0 Å². The van der Waals surface area contributed by atoms with Crippen LogP contribution in [0.25, 0.3) is 0 Å². The largest absolute Gasteiger partial charge is 0.371 e. The van der Waals surface area contributed by atoms with Gasteiger partial charge in [-0.2, -0.15) is 0 Å². The molecule has 19 heavy (non-hydrogen) atoms. The summed E-state index contributed by atoms with van der Waals surface area (Å²) in [5.74, 6) is 0.872. The molecule has 1 fully saturated rings. The van der Waals surface area contributed by atoms with Gasteiger partial charge in [-0.3, -0.25) is 0 Å². The van der Waals surface area contributed by atoms with E-state index in [1.165, 1.54) is 43.6 Å². The van der Waals surface area contributed by atoms with Crippen LogP contribution in [0.2, 0.25) is 0 Å². The Bertz CT molecular complexity index is 417. The van der Waals surface area contributed by atoms with Crippen LogP contribution in [0.15, 0.2) is 22.7 Å². The molecule has 2 atom stereocenters. The SMILES string of the molecule is CCCC1CCN(c2ccc(Br)cc2CC(C)N)C1. The van der Waals surface area contributed by atoms with Crippen molar-refractivity contribution in [2.75, 3.05) is 18.0 Å². The van der Waals surface area contributed by atoms with Crippen LogP contribution in [0.5, 0.6) is 0 Å². The van der Waals surface area contributed by atoms with Gasteiger partial charge >= 0.3 is 0 Å². The lowest BCUT2D eigenvalue weighted by Crippen LogP contribution is -2.24. The van der Waals surface area contributed by atoms with Crippen molar-refractivity contribution in [3.8, 4) is 0 Å². The van der Waals surface area contributed by atoms with E-state index in [1.807, 2.05) is 0 Å². The third-order valence-corrected chi connectivity index (χ3v) is 4.40. The van der Waals surface area contributed by atoms with E-state index in [2.05, 4.69) is 52.9 Å². The van der Waals surface area contributed by atoms with E-state index in [9.17, 15) is 0 Å². The molecular formula is C16H25BrN2. The Morgan fingerprint density at radius 1 is 1.47 bits per heavy atom. The van der Waals surface area contributed by atoms with Gasteiger partial charge in [0.1, 0.15) is 0 Å². The van der Waals surface area contributed by atoms with Gasteiger partial charge in [-0.15, -0.1) is 0 Å². The second kappa shape index (κ2) is 6.76. The van der Waals surface area contributed by atoms with Crippen molar-refractivity contribution in [3.63, 3.8) is 0 Å². The lowest BCUT2D eigenvalue weighted by molar-refractivity contribution is 0.529. The molecule has 3 heteroatoms. The molecule has 0 spiro atoms. The molecule has 1 saturated heterocycles. The fourth-order valence-corrected chi connectivity index (χ4v) is 3.48. The van der Waals surface area contributed by atoms with E-state index in [4.69, 9.17) is 5.73 Å². The van der Waals surface area contributed by atoms with Crippen molar-refractivity contribution in [2.45, 2.75) is 45.6 Å². The second-order valence-electron chi connectivity index (χ2n) is 5.84. The Hall–Kier alpha value is -0.540. The van der Waals surface area contributed by atoms with Gasteiger partial charge in [0.25, 0.3) is 0 Å². The zero-order chi connectivity index (χ0) is 13.8. The summed E-state index contributed by atoms with van der Waals surface area (Å²) in [6.07, 6.45) is 4.94. The van der Waals surface area contributed by atoms with Crippen molar-refractivity contribution in [3.05, 3.63) is 28.2 Å². The molecule has 2 unspecified atom stereocenters. The first kappa shape index (κ1) is 14.9. The quantitative estimate of drug-likeness (QED) is 0.888. The summed E-state index contributed by atoms with van der Waals surface area (Å²) in [6.45, 7) is 6.76. The van der Waals surface area contributed by atoms with Crippen molar-refractivity contribution in [1.29, 1.82) is 0 Å². The first-order chi connectivity index (χ1) is 9.10. The van der Waals surface area contributed by atoms with Crippen molar-refractivity contribution < 1.29 is 0 Å². The molecule has 1 aliphatic rings. The highest BCUT2D eigenvalue weighted by Gasteiger charge is 2.23. The minimum absolute atomic E-state index is 0.210. The molecule has 0 aromatic heterocycles. The summed E-state index contributed by atoms with van der Waals surface area (Å²) in [5, 5.41) is 0. The molecule has 1 heterocycles. The summed E-state index contributed by atoms with van der Waals surface area (Å²) in [6, 6.07) is 6.83. The second-order valence-corrected chi connectivity index (χ2v) is 6.76. The summed E-state index contributed by atoms with van der Waals surface area (Å²) < 4.78 is 1.15. The van der Waals surface area contributed by atoms with Crippen LogP contribution >= 0.6 is 15.9 Å². The topological polar surface area (TPSA) is 29.3 Å². The highest BCUT2D eigenvalue weighted by Crippen LogP contribution is 2.31. The predicted octanol–water partition coefficient (Wildman–Crippen LogP) is 3.97. The third kappa shape index (κ3) is 3.96. The zero-order valence-corrected chi connectivity index (χ0v) is 13.6. The average Bonchev–Trinajstić information content (AvgIpc) is 2.77. The number of nitrogens with two attached hydrogens (primary N) is 1. The average molecular weight is 325 g/mol. The van der Waals surface area contributed by atoms with Crippen LogP contribution in [0.1, 0.15) is 38.7 Å². The molecule has 0 saturated carbocycles. The number of benzene rings is 1. The van der Waals surface area contributed by atoms with E-state index in [0.717, 1.165) is 16.8 Å². The van der Waals surface area contributed by atoms with Gasteiger partial charge in [0.05, 0.1) is 0 Å². The molecule has 0 amide bonds. The normalized spacial score (nSPS) is 20.8. The number of nitrogens with zero attached hydrogens (tertiary/aromatic N) is 1. The Morgan fingerprint density at radius 2 is 2.26 bits per heavy atom. The van der Waals surface area contributed by atoms with E-state index in [1.54, 1.807) is 0 Å². The molecule has 1 aromatic carbocycles. The number of halogens is 1. The summed E-state index contributed by atoms with van der Waals surface area (Å²) >= 11 is 3.57. The van der Waals surface area contributed by atoms with E-state index < -0.39 is 0 Å². The summed E-state index contributed by atoms with van der Waals surface area (Å²) in [4.78, 5) is 2.55. The maximum Gasteiger partial charge on any atom is 0.0400 e. The van der Waals surface area contributed by atoms with Crippen LogP contribution < -0.4 is 10.6 Å². The maximum absolute atomic E-state index is 5.98. The van der Waals surface area contributed by atoms with Crippen molar-refractivity contribution in [1.82, 2.24) is 0 Å². The van der Waals surface area contributed by atoms with Crippen LogP contribution in [0.3, 0.4) is 0 Å². The monoisotopic (exact) mass is 324 g/mol. The highest BCUT2D eigenvalue weighted by molar-refractivity contribution is 9.10. The van der Waals surface area contributed by atoms with Crippen LogP contribution in [-0.2, 0) is 6.42 Å².